The van der Waals surface area contributed by atoms with Gasteiger partial charge >= 0.3 is 0 Å². The molecule has 0 aliphatic carbocycles. The van der Waals surface area contributed by atoms with Gasteiger partial charge in [-0.1, -0.05) is 22.8 Å². The highest BCUT2D eigenvalue weighted by atomic mass is 35.5. The lowest BCUT2D eigenvalue weighted by Gasteiger charge is -1.99. The van der Waals surface area contributed by atoms with Crippen LogP contribution in [0.3, 0.4) is 0 Å². The van der Waals surface area contributed by atoms with Gasteiger partial charge in [0.15, 0.2) is 0 Å². The van der Waals surface area contributed by atoms with Crippen molar-refractivity contribution in [2.45, 2.75) is 0 Å². The normalized spacial score (nSPS) is 10.7. The van der Waals surface area contributed by atoms with E-state index >= 15 is 0 Å². The van der Waals surface area contributed by atoms with Gasteiger partial charge in [-0.2, -0.15) is 0 Å². The van der Waals surface area contributed by atoms with Gasteiger partial charge in [0.1, 0.15) is 5.69 Å². The summed E-state index contributed by atoms with van der Waals surface area (Å²) in [5, 5.41) is 4.00. The molecule has 18 heavy (non-hydrogen) atoms. The van der Waals surface area contributed by atoms with Crippen LogP contribution in [0.25, 0.3) is 21.7 Å². The number of pyridine rings is 1. The summed E-state index contributed by atoms with van der Waals surface area (Å²) < 4.78 is 5.78. The molecule has 0 aliphatic rings. The zero-order valence-electron chi connectivity index (χ0n) is 9.13. The number of nitrogens with zero attached hydrogens (tertiary/aromatic N) is 2. The first-order chi connectivity index (χ1) is 8.75. The third-order valence-corrected chi connectivity index (χ3v) is 3.71. The molecule has 0 amide bonds. The maximum Gasteiger partial charge on any atom is 0.230 e. The van der Waals surface area contributed by atoms with Crippen molar-refractivity contribution in [2.24, 2.45) is 0 Å². The van der Waals surface area contributed by atoms with Crippen LogP contribution in [0.15, 0.2) is 41.2 Å². The van der Waals surface area contributed by atoms with Crippen LogP contribution in [0.1, 0.15) is 0 Å². The zero-order valence-corrected chi connectivity index (χ0v) is 10.7. The maximum absolute atomic E-state index is 5.93. The number of rotatable bonds is 2. The molecule has 6 heteroatoms. The lowest BCUT2D eigenvalue weighted by molar-refractivity contribution is 0.439. The fourth-order valence-electron chi connectivity index (χ4n) is 1.70. The summed E-state index contributed by atoms with van der Waals surface area (Å²) in [6, 6.07) is 7.46. The number of thiophene rings is 1. The van der Waals surface area contributed by atoms with E-state index in [1.54, 1.807) is 12.4 Å². The van der Waals surface area contributed by atoms with E-state index in [0.717, 1.165) is 16.0 Å². The fourth-order valence-corrected chi connectivity index (χ4v) is 2.73. The van der Waals surface area contributed by atoms with Crippen LogP contribution < -0.4 is 5.73 Å². The average molecular weight is 278 g/mol. The second kappa shape index (κ2) is 4.44. The first-order valence-electron chi connectivity index (χ1n) is 5.17. The van der Waals surface area contributed by atoms with Gasteiger partial charge in [-0.05, 0) is 18.2 Å². The second-order valence-corrected chi connectivity index (χ2v) is 5.33. The Balaban J connectivity index is 2.18. The predicted octanol–water partition coefficient (Wildman–Crippen LogP) is 3.70. The molecule has 0 aromatic carbocycles. The molecule has 0 atom stereocenters. The first kappa shape index (κ1) is 11.3. The Morgan fingerprint density at radius 1 is 1.28 bits per heavy atom. The molecule has 0 saturated heterocycles. The van der Waals surface area contributed by atoms with Crippen molar-refractivity contribution >= 4 is 28.8 Å². The molecule has 0 spiro atoms. The Labute approximate surface area is 112 Å². The molecule has 3 rings (SSSR count). The standard InChI is InChI=1S/C12H8ClN3OS/c13-9-4-3-8(18-9)11-10(12(14)17-16-11)7-2-1-5-15-6-7/h1-6H,14H2. The third-order valence-electron chi connectivity index (χ3n) is 2.48. The van der Waals surface area contributed by atoms with Gasteiger partial charge in [-0.15, -0.1) is 11.3 Å². The quantitative estimate of drug-likeness (QED) is 0.776. The van der Waals surface area contributed by atoms with Gasteiger partial charge < -0.3 is 10.3 Å². The topological polar surface area (TPSA) is 64.9 Å². The molecule has 0 aliphatic heterocycles. The van der Waals surface area contributed by atoms with Gasteiger partial charge in [-0.3, -0.25) is 4.98 Å². The summed E-state index contributed by atoms with van der Waals surface area (Å²) in [4.78, 5) is 4.99. The van der Waals surface area contributed by atoms with Crippen molar-refractivity contribution in [1.82, 2.24) is 10.1 Å². The van der Waals surface area contributed by atoms with Gasteiger partial charge in [-0.25, -0.2) is 0 Å². The fraction of sp³-hybridized carbons (Fsp3) is 0. The maximum atomic E-state index is 5.93. The van der Waals surface area contributed by atoms with Crippen LogP contribution in [-0.2, 0) is 0 Å². The van der Waals surface area contributed by atoms with Crippen LogP contribution in [0.2, 0.25) is 4.34 Å². The molecule has 0 radical (unpaired) electrons. The number of aromatic nitrogens is 2. The minimum absolute atomic E-state index is 0.280. The number of nitrogen functional groups attached to an aromatic ring is 1. The van der Waals surface area contributed by atoms with Crippen molar-refractivity contribution in [3.8, 4) is 21.7 Å². The van der Waals surface area contributed by atoms with Crippen LogP contribution in [-0.4, -0.2) is 10.1 Å². The van der Waals surface area contributed by atoms with Crippen LogP contribution in [0, 0.1) is 0 Å². The summed E-state index contributed by atoms with van der Waals surface area (Å²) in [5.74, 6) is 0.280. The van der Waals surface area contributed by atoms with E-state index < -0.39 is 0 Å². The molecule has 0 bridgehead atoms. The molecule has 3 heterocycles. The highest BCUT2D eigenvalue weighted by Gasteiger charge is 2.18. The third kappa shape index (κ3) is 1.87. The van der Waals surface area contributed by atoms with E-state index in [1.165, 1.54) is 11.3 Å². The van der Waals surface area contributed by atoms with Crippen molar-refractivity contribution in [3.05, 3.63) is 41.0 Å². The Morgan fingerprint density at radius 3 is 2.83 bits per heavy atom. The molecule has 3 aromatic rings. The Kier molecular flexibility index (Phi) is 2.77. The molecule has 0 unspecified atom stereocenters. The van der Waals surface area contributed by atoms with Gasteiger partial charge in [0.2, 0.25) is 5.88 Å². The van der Waals surface area contributed by atoms with Crippen molar-refractivity contribution in [3.63, 3.8) is 0 Å². The van der Waals surface area contributed by atoms with Crippen LogP contribution in [0.5, 0.6) is 0 Å². The van der Waals surface area contributed by atoms with E-state index in [0.29, 0.717) is 10.0 Å². The molecular weight excluding hydrogens is 270 g/mol. The minimum Gasteiger partial charge on any atom is -0.367 e. The number of anilines is 1. The smallest absolute Gasteiger partial charge is 0.230 e. The molecule has 3 aromatic heterocycles. The van der Waals surface area contributed by atoms with Gasteiger partial charge in [0.25, 0.3) is 0 Å². The number of hydrogen-bond acceptors (Lipinski definition) is 5. The Bertz CT molecular complexity index is 678. The molecule has 2 N–H and O–H groups in total. The van der Waals surface area contributed by atoms with Crippen molar-refractivity contribution < 1.29 is 4.52 Å². The summed E-state index contributed by atoms with van der Waals surface area (Å²) >= 11 is 7.36. The predicted molar refractivity (Wildman–Crippen MR) is 72.5 cm³/mol. The second-order valence-electron chi connectivity index (χ2n) is 3.62. The van der Waals surface area contributed by atoms with Gasteiger partial charge in [0.05, 0.1) is 14.8 Å². The van der Waals surface area contributed by atoms with Crippen LogP contribution >= 0.6 is 22.9 Å². The van der Waals surface area contributed by atoms with E-state index in [-0.39, 0.29) is 5.88 Å². The van der Waals surface area contributed by atoms with Gasteiger partial charge in [0, 0.05) is 18.0 Å². The molecule has 90 valence electrons. The van der Waals surface area contributed by atoms with Crippen LogP contribution in [0.4, 0.5) is 5.88 Å². The molecule has 0 fully saturated rings. The van der Waals surface area contributed by atoms with E-state index in [1.807, 2.05) is 24.3 Å². The molecule has 0 saturated carbocycles. The monoisotopic (exact) mass is 277 g/mol. The van der Waals surface area contributed by atoms with E-state index in [9.17, 15) is 0 Å². The lowest BCUT2D eigenvalue weighted by Crippen LogP contribution is -1.87. The van der Waals surface area contributed by atoms with E-state index in [4.69, 9.17) is 21.9 Å². The zero-order chi connectivity index (χ0) is 12.5. The Morgan fingerprint density at radius 2 is 2.17 bits per heavy atom. The highest BCUT2D eigenvalue weighted by molar-refractivity contribution is 7.19. The number of nitrogens with two attached hydrogens (primary N) is 1. The summed E-state index contributed by atoms with van der Waals surface area (Å²) in [6.45, 7) is 0. The average Bonchev–Trinajstić information content (AvgIpc) is 2.96. The van der Waals surface area contributed by atoms with E-state index in [2.05, 4.69) is 10.1 Å². The first-order valence-corrected chi connectivity index (χ1v) is 6.36. The number of halogens is 1. The summed E-state index contributed by atoms with van der Waals surface area (Å²) in [6.07, 6.45) is 3.43. The Hall–Kier alpha value is -1.85. The SMILES string of the molecule is Nc1onc(-c2ccc(Cl)s2)c1-c1cccnc1. The summed E-state index contributed by atoms with van der Waals surface area (Å²) in [5.41, 5.74) is 8.15. The number of hydrogen-bond donors (Lipinski definition) is 1. The summed E-state index contributed by atoms with van der Waals surface area (Å²) in [7, 11) is 0. The minimum atomic E-state index is 0.280. The molecular formula is C12H8ClN3OS. The van der Waals surface area contributed by atoms with Crippen molar-refractivity contribution in [2.75, 3.05) is 5.73 Å². The highest BCUT2D eigenvalue weighted by Crippen LogP contribution is 2.39. The van der Waals surface area contributed by atoms with Crippen molar-refractivity contribution in [1.29, 1.82) is 0 Å². The largest absolute Gasteiger partial charge is 0.367 e. The lowest BCUT2D eigenvalue weighted by atomic mass is 10.1. The molecule has 4 nitrogen and oxygen atoms in total.